The Morgan fingerprint density at radius 1 is 1.29 bits per heavy atom. The van der Waals surface area contributed by atoms with Crippen LogP contribution in [0.5, 0.6) is 0 Å². The molecule has 112 valence electrons. The average Bonchev–Trinajstić information content (AvgIpc) is 3.11. The van der Waals surface area contributed by atoms with Gasteiger partial charge in [0, 0.05) is 18.3 Å². The number of aliphatic hydroxyl groups excluding tert-OH is 1. The minimum absolute atomic E-state index is 0.156. The van der Waals surface area contributed by atoms with E-state index in [1.807, 2.05) is 20.0 Å². The van der Waals surface area contributed by atoms with Gasteiger partial charge in [0.15, 0.2) is 0 Å². The first kappa shape index (κ1) is 14.3. The van der Waals surface area contributed by atoms with E-state index in [2.05, 4.69) is 33.8 Å². The Balaban J connectivity index is 1.93. The maximum absolute atomic E-state index is 9.29. The fourth-order valence-corrected chi connectivity index (χ4v) is 2.96. The third kappa shape index (κ3) is 2.74. The third-order valence-electron chi connectivity index (χ3n) is 4.43. The van der Waals surface area contributed by atoms with Crippen LogP contribution < -0.4 is 0 Å². The van der Waals surface area contributed by atoms with E-state index >= 15 is 0 Å². The molecular weight excluding hydrogens is 262 g/mol. The lowest BCUT2D eigenvalue weighted by molar-refractivity contribution is 0.152. The van der Waals surface area contributed by atoms with Gasteiger partial charge in [-0.2, -0.15) is 5.10 Å². The van der Waals surface area contributed by atoms with E-state index < -0.39 is 0 Å². The fraction of sp³-hybridized carbons (Fsp3) is 0.471. The highest BCUT2D eigenvalue weighted by molar-refractivity contribution is 5.39. The molecule has 1 aliphatic rings. The van der Waals surface area contributed by atoms with Crippen molar-refractivity contribution in [2.24, 2.45) is 0 Å². The standard InChI is InChI=1S/C17H23N3O/c1-13(12-21)19(2)11-16-15-9-6-10-17(15)20(18-16)14-7-4-3-5-8-14/h3-5,7-8,13,21H,6,9-12H2,1-2H3/t13-/m1/s1. The van der Waals surface area contributed by atoms with E-state index in [9.17, 15) is 5.11 Å². The van der Waals surface area contributed by atoms with Crippen LogP contribution in [0.15, 0.2) is 30.3 Å². The molecule has 4 nitrogen and oxygen atoms in total. The molecule has 0 saturated heterocycles. The molecule has 0 amide bonds. The highest BCUT2D eigenvalue weighted by atomic mass is 16.3. The fourth-order valence-electron chi connectivity index (χ4n) is 2.96. The van der Waals surface area contributed by atoms with Crippen molar-refractivity contribution in [3.8, 4) is 5.69 Å². The van der Waals surface area contributed by atoms with Gasteiger partial charge in [-0.15, -0.1) is 0 Å². The molecule has 1 aromatic heterocycles. The number of rotatable bonds is 5. The number of aromatic nitrogens is 2. The van der Waals surface area contributed by atoms with E-state index in [0.29, 0.717) is 0 Å². The zero-order valence-corrected chi connectivity index (χ0v) is 12.8. The Bertz CT molecular complexity index is 606. The van der Waals surface area contributed by atoms with Gasteiger partial charge in [0.1, 0.15) is 0 Å². The summed E-state index contributed by atoms with van der Waals surface area (Å²) < 4.78 is 2.11. The monoisotopic (exact) mass is 285 g/mol. The molecule has 1 atom stereocenters. The number of nitrogens with zero attached hydrogens (tertiary/aromatic N) is 3. The van der Waals surface area contributed by atoms with Crippen molar-refractivity contribution in [3.05, 3.63) is 47.3 Å². The van der Waals surface area contributed by atoms with Gasteiger partial charge in [-0.05, 0) is 50.9 Å². The lowest BCUT2D eigenvalue weighted by atomic mass is 10.2. The second kappa shape index (κ2) is 6.00. The van der Waals surface area contributed by atoms with E-state index in [1.165, 1.54) is 17.7 Å². The molecule has 0 saturated carbocycles. The molecule has 1 aliphatic carbocycles. The van der Waals surface area contributed by atoms with E-state index in [1.54, 1.807) is 0 Å². The molecule has 0 aliphatic heterocycles. The molecular formula is C17H23N3O. The van der Waals surface area contributed by atoms with Gasteiger partial charge >= 0.3 is 0 Å². The molecule has 1 heterocycles. The molecule has 0 fully saturated rings. The maximum atomic E-state index is 9.29. The van der Waals surface area contributed by atoms with E-state index in [4.69, 9.17) is 5.10 Å². The van der Waals surface area contributed by atoms with E-state index in [0.717, 1.165) is 30.8 Å². The molecule has 0 bridgehead atoms. The lowest BCUT2D eigenvalue weighted by Crippen LogP contribution is -2.31. The van der Waals surface area contributed by atoms with Crippen LogP contribution in [0.1, 0.15) is 30.3 Å². The Kier molecular flexibility index (Phi) is 4.08. The van der Waals surface area contributed by atoms with Gasteiger partial charge < -0.3 is 5.11 Å². The molecule has 21 heavy (non-hydrogen) atoms. The first-order chi connectivity index (χ1) is 10.2. The van der Waals surface area contributed by atoms with Crippen LogP contribution in [-0.4, -0.2) is 39.5 Å². The minimum atomic E-state index is 0.156. The van der Waals surface area contributed by atoms with Crippen LogP contribution in [0.3, 0.4) is 0 Å². The number of hydrogen-bond acceptors (Lipinski definition) is 3. The number of benzene rings is 1. The highest BCUT2D eigenvalue weighted by Crippen LogP contribution is 2.28. The average molecular weight is 285 g/mol. The summed E-state index contributed by atoms with van der Waals surface area (Å²) in [5, 5.41) is 14.1. The van der Waals surface area contributed by atoms with Crippen molar-refractivity contribution in [3.63, 3.8) is 0 Å². The van der Waals surface area contributed by atoms with Crippen molar-refractivity contribution in [2.45, 2.75) is 38.8 Å². The van der Waals surface area contributed by atoms with Crippen molar-refractivity contribution >= 4 is 0 Å². The Labute approximate surface area is 126 Å². The van der Waals surface area contributed by atoms with Crippen LogP contribution in [-0.2, 0) is 19.4 Å². The third-order valence-corrected chi connectivity index (χ3v) is 4.43. The van der Waals surface area contributed by atoms with Gasteiger partial charge in [0.25, 0.3) is 0 Å². The van der Waals surface area contributed by atoms with Crippen molar-refractivity contribution in [1.29, 1.82) is 0 Å². The normalized spacial score (nSPS) is 15.4. The zero-order valence-electron chi connectivity index (χ0n) is 12.8. The van der Waals surface area contributed by atoms with Crippen molar-refractivity contribution in [2.75, 3.05) is 13.7 Å². The smallest absolute Gasteiger partial charge is 0.0804 e. The maximum Gasteiger partial charge on any atom is 0.0804 e. The summed E-state index contributed by atoms with van der Waals surface area (Å²) in [4.78, 5) is 2.16. The number of fused-ring (bicyclic) bond motifs is 1. The summed E-state index contributed by atoms with van der Waals surface area (Å²) in [6, 6.07) is 10.5. The Morgan fingerprint density at radius 3 is 2.76 bits per heavy atom. The van der Waals surface area contributed by atoms with Gasteiger partial charge in [0.05, 0.1) is 18.0 Å². The van der Waals surface area contributed by atoms with Gasteiger partial charge in [-0.1, -0.05) is 18.2 Å². The highest BCUT2D eigenvalue weighted by Gasteiger charge is 2.24. The molecule has 1 aromatic carbocycles. The van der Waals surface area contributed by atoms with Gasteiger partial charge in [0.2, 0.25) is 0 Å². The number of hydrogen-bond donors (Lipinski definition) is 1. The summed E-state index contributed by atoms with van der Waals surface area (Å²) in [7, 11) is 2.05. The SMILES string of the molecule is C[C@H](CO)N(C)Cc1nn(-c2ccccc2)c2c1CCC2. The van der Waals surface area contributed by atoms with Crippen LogP contribution >= 0.6 is 0 Å². The summed E-state index contributed by atoms with van der Waals surface area (Å²) in [6.07, 6.45) is 3.45. The predicted octanol–water partition coefficient (Wildman–Crippen LogP) is 2.17. The quantitative estimate of drug-likeness (QED) is 0.915. The van der Waals surface area contributed by atoms with Crippen LogP contribution in [0.25, 0.3) is 5.69 Å². The minimum Gasteiger partial charge on any atom is -0.395 e. The predicted molar refractivity (Wildman–Crippen MR) is 83.6 cm³/mol. The largest absolute Gasteiger partial charge is 0.395 e. The van der Waals surface area contributed by atoms with Gasteiger partial charge in [-0.3, -0.25) is 4.90 Å². The molecule has 0 radical (unpaired) electrons. The topological polar surface area (TPSA) is 41.3 Å². The number of para-hydroxylation sites is 1. The van der Waals surface area contributed by atoms with Crippen LogP contribution in [0, 0.1) is 0 Å². The number of likely N-dealkylation sites (N-methyl/N-ethyl adjacent to an activating group) is 1. The summed E-state index contributed by atoms with van der Waals surface area (Å²) >= 11 is 0. The van der Waals surface area contributed by atoms with Crippen molar-refractivity contribution in [1.82, 2.24) is 14.7 Å². The van der Waals surface area contributed by atoms with Gasteiger partial charge in [-0.25, -0.2) is 4.68 Å². The summed E-state index contributed by atoms with van der Waals surface area (Å²) in [5.74, 6) is 0. The molecule has 1 N–H and O–H groups in total. The Morgan fingerprint density at radius 2 is 2.05 bits per heavy atom. The molecule has 2 aromatic rings. The van der Waals surface area contributed by atoms with Crippen molar-refractivity contribution < 1.29 is 5.11 Å². The summed E-state index contributed by atoms with van der Waals surface area (Å²) in [6.45, 7) is 3.01. The summed E-state index contributed by atoms with van der Waals surface area (Å²) in [5.41, 5.74) is 5.08. The Hall–Kier alpha value is -1.65. The van der Waals surface area contributed by atoms with Crippen LogP contribution in [0.2, 0.25) is 0 Å². The molecule has 4 heteroatoms. The van der Waals surface area contributed by atoms with E-state index in [-0.39, 0.29) is 12.6 Å². The number of aliphatic hydroxyl groups is 1. The second-order valence-electron chi connectivity index (χ2n) is 5.92. The molecule has 0 spiro atoms. The first-order valence-electron chi connectivity index (χ1n) is 7.67. The molecule has 3 rings (SSSR count). The first-order valence-corrected chi connectivity index (χ1v) is 7.67. The lowest BCUT2D eigenvalue weighted by Gasteiger charge is -2.22. The second-order valence-corrected chi connectivity index (χ2v) is 5.92. The molecule has 0 unspecified atom stereocenters. The zero-order chi connectivity index (χ0) is 14.8. The van der Waals surface area contributed by atoms with Crippen LogP contribution in [0.4, 0.5) is 0 Å².